The number of piperidine rings is 1. The highest BCUT2D eigenvalue weighted by molar-refractivity contribution is 7.99. The molecule has 0 bridgehead atoms. The number of benzene rings is 2. The van der Waals surface area contributed by atoms with Crippen molar-refractivity contribution in [2.45, 2.75) is 63.7 Å². The van der Waals surface area contributed by atoms with Crippen LogP contribution in [0.15, 0.2) is 53.7 Å². The van der Waals surface area contributed by atoms with Gasteiger partial charge in [-0.1, -0.05) is 42.4 Å². The number of likely N-dealkylation sites (tertiary alicyclic amines) is 1. The number of hydrogen-bond donors (Lipinski definition) is 0. The Bertz CT molecular complexity index is 1050. The Morgan fingerprint density at radius 3 is 2.31 bits per heavy atom. The van der Waals surface area contributed by atoms with Crippen LogP contribution < -0.4 is 0 Å². The zero-order valence-corrected chi connectivity index (χ0v) is 20.4. The first-order valence-corrected chi connectivity index (χ1v) is 12.6. The molecule has 5 nitrogen and oxygen atoms in total. The smallest absolute Gasteiger partial charge is 0.233 e. The number of aryl methyl sites for hydroxylation is 1. The first kappa shape index (κ1) is 22.9. The van der Waals surface area contributed by atoms with Crippen LogP contribution in [0.1, 0.15) is 45.6 Å². The minimum atomic E-state index is 0.165. The first-order chi connectivity index (χ1) is 15.5. The van der Waals surface area contributed by atoms with Gasteiger partial charge in [0.05, 0.1) is 5.75 Å². The van der Waals surface area contributed by atoms with Gasteiger partial charge in [0, 0.05) is 28.4 Å². The molecule has 1 aromatic heterocycles. The summed E-state index contributed by atoms with van der Waals surface area (Å²) in [5, 5.41) is 10.3. The van der Waals surface area contributed by atoms with E-state index < -0.39 is 0 Å². The number of amides is 1. The van der Waals surface area contributed by atoms with Gasteiger partial charge in [0.15, 0.2) is 11.0 Å². The summed E-state index contributed by atoms with van der Waals surface area (Å²) < 4.78 is 2.03. The molecule has 0 N–H and O–H groups in total. The molecule has 2 heterocycles. The zero-order chi connectivity index (χ0) is 22.7. The van der Waals surface area contributed by atoms with Crippen LogP contribution in [0.3, 0.4) is 0 Å². The van der Waals surface area contributed by atoms with Crippen molar-refractivity contribution in [2.24, 2.45) is 0 Å². The van der Waals surface area contributed by atoms with Crippen LogP contribution in [0, 0.1) is 0 Å². The Kier molecular flexibility index (Phi) is 7.21. The highest BCUT2D eigenvalue weighted by atomic mass is 35.5. The van der Waals surface area contributed by atoms with Gasteiger partial charge in [-0.3, -0.25) is 9.36 Å². The molecule has 168 valence electrons. The highest BCUT2D eigenvalue weighted by Crippen LogP contribution is 2.30. The van der Waals surface area contributed by atoms with E-state index in [4.69, 9.17) is 11.6 Å². The van der Waals surface area contributed by atoms with E-state index in [0.29, 0.717) is 15.9 Å². The summed E-state index contributed by atoms with van der Waals surface area (Å²) in [4.78, 5) is 15.1. The van der Waals surface area contributed by atoms with Crippen LogP contribution in [-0.4, -0.2) is 43.4 Å². The first-order valence-electron chi connectivity index (χ1n) is 11.2. The third kappa shape index (κ3) is 4.86. The zero-order valence-electron chi connectivity index (χ0n) is 18.8. The Balaban J connectivity index is 1.64. The number of nitrogens with zero attached hydrogens (tertiary/aromatic N) is 4. The molecule has 1 amide bonds. The van der Waals surface area contributed by atoms with Gasteiger partial charge in [-0.15, -0.1) is 10.2 Å². The van der Waals surface area contributed by atoms with Gasteiger partial charge in [0.1, 0.15) is 0 Å². The van der Waals surface area contributed by atoms with E-state index in [1.54, 1.807) is 0 Å². The van der Waals surface area contributed by atoms with Gasteiger partial charge in [0.2, 0.25) is 5.91 Å². The molecule has 2 atom stereocenters. The number of aromatic nitrogens is 3. The molecule has 1 aliphatic heterocycles. The summed E-state index contributed by atoms with van der Waals surface area (Å²) in [5.41, 5.74) is 3.18. The lowest BCUT2D eigenvalue weighted by Crippen LogP contribution is -2.48. The molecule has 1 aliphatic rings. The van der Waals surface area contributed by atoms with Crippen molar-refractivity contribution < 1.29 is 4.79 Å². The molecule has 0 unspecified atom stereocenters. The number of thioether (sulfide) groups is 1. The van der Waals surface area contributed by atoms with Crippen molar-refractivity contribution in [1.29, 1.82) is 0 Å². The molecule has 3 aromatic rings. The number of carbonyl (C=O) groups excluding carboxylic acids is 1. The highest BCUT2D eigenvalue weighted by Gasteiger charge is 2.29. The lowest BCUT2D eigenvalue weighted by Gasteiger charge is -2.39. The fraction of sp³-hybridized carbons (Fsp3) is 0.400. The molecule has 1 saturated heterocycles. The van der Waals surface area contributed by atoms with Crippen molar-refractivity contribution in [3.63, 3.8) is 0 Å². The average molecular weight is 469 g/mol. The SMILES string of the molecule is CCc1ccc(-n2c(SCC(=O)N3[C@H](C)CCC[C@H]3C)nnc2-c2ccc(Cl)cc2)cc1. The van der Waals surface area contributed by atoms with E-state index in [2.05, 4.69) is 55.2 Å². The Morgan fingerprint density at radius 1 is 1.03 bits per heavy atom. The van der Waals surface area contributed by atoms with Crippen LogP contribution in [0.5, 0.6) is 0 Å². The van der Waals surface area contributed by atoms with Gasteiger partial charge in [-0.2, -0.15) is 0 Å². The molecule has 0 aliphatic carbocycles. The van der Waals surface area contributed by atoms with Crippen LogP contribution in [0.25, 0.3) is 17.1 Å². The molecule has 0 radical (unpaired) electrons. The van der Waals surface area contributed by atoms with Gasteiger partial charge in [-0.05, 0) is 81.5 Å². The van der Waals surface area contributed by atoms with E-state index in [0.717, 1.165) is 36.3 Å². The van der Waals surface area contributed by atoms with Crippen molar-refractivity contribution in [2.75, 3.05) is 5.75 Å². The monoisotopic (exact) mass is 468 g/mol. The maximum absolute atomic E-state index is 13.1. The molecule has 7 heteroatoms. The fourth-order valence-corrected chi connectivity index (χ4v) is 5.32. The van der Waals surface area contributed by atoms with E-state index in [-0.39, 0.29) is 18.0 Å². The maximum atomic E-state index is 13.1. The number of halogens is 1. The van der Waals surface area contributed by atoms with Gasteiger partial charge in [0.25, 0.3) is 0 Å². The van der Waals surface area contributed by atoms with Crippen molar-refractivity contribution in [3.05, 3.63) is 59.1 Å². The van der Waals surface area contributed by atoms with E-state index in [1.807, 2.05) is 33.7 Å². The van der Waals surface area contributed by atoms with E-state index in [9.17, 15) is 4.79 Å². The van der Waals surface area contributed by atoms with Crippen molar-refractivity contribution in [3.8, 4) is 17.1 Å². The van der Waals surface area contributed by atoms with Gasteiger partial charge in [-0.25, -0.2) is 0 Å². The van der Waals surface area contributed by atoms with Gasteiger partial charge < -0.3 is 4.90 Å². The van der Waals surface area contributed by atoms with Gasteiger partial charge >= 0.3 is 0 Å². The molecule has 0 spiro atoms. The summed E-state index contributed by atoms with van der Waals surface area (Å²) in [6, 6.07) is 16.6. The maximum Gasteiger partial charge on any atom is 0.233 e. The third-order valence-corrected chi connectivity index (χ3v) is 7.31. The largest absolute Gasteiger partial charge is 0.337 e. The minimum Gasteiger partial charge on any atom is -0.337 e. The van der Waals surface area contributed by atoms with Crippen LogP contribution >= 0.6 is 23.4 Å². The second-order valence-corrected chi connectivity index (χ2v) is 9.77. The lowest BCUT2D eigenvalue weighted by atomic mass is 9.98. The number of hydrogen-bond acceptors (Lipinski definition) is 4. The average Bonchev–Trinajstić information content (AvgIpc) is 3.22. The molecule has 32 heavy (non-hydrogen) atoms. The molecular formula is C25H29ClN4OS. The second kappa shape index (κ2) is 10.1. The summed E-state index contributed by atoms with van der Waals surface area (Å²) in [6.45, 7) is 6.44. The van der Waals surface area contributed by atoms with Crippen LogP contribution in [0.4, 0.5) is 0 Å². The van der Waals surface area contributed by atoms with E-state index in [1.165, 1.54) is 23.7 Å². The predicted octanol–water partition coefficient (Wildman–Crippen LogP) is 6.03. The standard InChI is InChI=1S/C25H29ClN4OS/c1-4-19-8-14-22(15-9-19)30-24(20-10-12-21(26)13-11-20)27-28-25(30)32-16-23(31)29-17(2)6-5-7-18(29)3/h8-15,17-18H,4-7,16H2,1-3H3/t17-,18-/m1/s1. The second-order valence-electron chi connectivity index (χ2n) is 8.39. The third-order valence-electron chi connectivity index (χ3n) is 6.14. The Morgan fingerprint density at radius 2 is 1.69 bits per heavy atom. The normalized spacial score (nSPS) is 18.7. The number of rotatable bonds is 6. The fourth-order valence-electron chi connectivity index (χ4n) is 4.38. The number of carbonyl (C=O) groups is 1. The van der Waals surface area contributed by atoms with Crippen molar-refractivity contribution in [1.82, 2.24) is 19.7 Å². The Hall–Kier alpha value is -2.31. The topological polar surface area (TPSA) is 51.0 Å². The molecule has 1 fully saturated rings. The summed E-state index contributed by atoms with van der Waals surface area (Å²) in [6.07, 6.45) is 4.31. The summed E-state index contributed by atoms with van der Waals surface area (Å²) in [5.74, 6) is 1.25. The van der Waals surface area contributed by atoms with Crippen molar-refractivity contribution >= 4 is 29.3 Å². The lowest BCUT2D eigenvalue weighted by molar-refractivity contribution is -0.134. The minimum absolute atomic E-state index is 0.165. The molecule has 0 saturated carbocycles. The van der Waals surface area contributed by atoms with Crippen LogP contribution in [-0.2, 0) is 11.2 Å². The molecule has 4 rings (SSSR count). The summed E-state index contributed by atoms with van der Waals surface area (Å²) >= 11 is 7.54. The predicted molar refractivity (Wildman–Crippen MR) is 132 cm³/mol. The molecule has 2 aromatic carbocycles. The molecular weight excluding hydrogens is 440 g/mol. The quantitative estimate of drug-likeness (QED) is 0.414. The van der Waals surface area contributed by atoms with E-state index >= 15 is 0 Å². The van der Waals surface area contributed by atoms with Crippen LogP contribution in [0.2, 0.25) is 5.02 Å². The Labute approximate surface area is 199 Å². The summed E-state index contributed by atoms with van der Waals surface area (Å²) in [7, 11) is 0.